The Morgan fingerprint density at radius 2 is 2.26 bits per heavy atom. The van der Waals surface area contributed by atoms with Gasteiger partial charge in [-0.2, -0.15) is 5.10 Å². The molecule has 2 heterocycles. The molecule has 1 aromatic heterocycles. The Balaban J connectivity index is 1.65. The van der Waals surface area contributed by atoms with E-state index in [0.29, 0.717) is 18.0 Å². The fraction of sp³-hybridized carbons (Fsp3) is 0.765. The second-order valence-electron chi connectivity index (χ2n) is 6.90. The molecule has 6 heteroatoms. The van der Waals surface area contributed by atoms with Crippen LogP contribution in [0.5, 0.6) is 0 Å². The van der Waals surface area contributed by atoms with E-state index in [1.807, 2.05) is 15.8 Å². The van der Waals surface area contributed by atoms with E-state index < -0.39 is 0 Å². The van der Waals surface area contributed by atoms with Crippen molar-refractivity contribution < 1.29 is 9.53 Å². The van der Waals surface area contributed by atoms with Gasteiger partial charge in [-0.15, -0.1) is 0 Å². The number of rotatable bonds is 7. The second kappa shape index (κ2) is 7.45. The minimum atomic E-state index is 0.0936. The molecule has 1 aliphatic heterocycles. The van der Waals surface area contributed by atoms with Crippen LogP contribution in [-0.4, -0.2) is 71.4 Å². The van der Waals surface area contributed by atoms with Crippen LogP contribution in [0.25, 0.3) is 0 Å². The van der Waals surface area contributed by atoms with Gasteiger partial charge in [0.15, 0.2) is 0 Å². The number of hydrogen-bond donors (Lipinski definition) is 0. The van der Waals surface area contributed by atoms with Gasteiger partial charge in [0.2, 0.25) is 0 Å². The zero-order valence-corrected chi connectivity index (χ0v) is 14.3. The van der Waals surface area contributed by atoms with Gasteiger partial charge >= 0.3 is 0 Å². The first-order valence-corrected chi connectivity index (χ1v) is 8.77. The molecule has 1 aromatic rings. The quantitative estimate of drug-likeness (QED) is 0.763. The van der Waals surface area contributed by atoms with Gasteiger partial charge in [0.25, 0.3) is 5.91 Å². The molecule has 1 aliphatic carbocycles. The Kier molecular flexibility index (Phi) is 5.33. The maximum absolute atomic E-state index is 12.9. The lowest BCUT2D eigenvalue weighted by Gasteiger charge is -2.34. The summed E-state index contributed by atoms with van der Waals surface area (Å²) >= 11 is 0. The van der Waals surface area contributed by atoms with Crippen LogP contribution in [0.2, 0.25) is 0 Å². The highest BCUT2D eigenvalue weighted by atomic mass is 16.5. The number of morpholine rings is 1. The lowest BCUT2D eigenvalue weighted by Crippen LogP contribution is -2.48. The summed E-state index contributed by atoms with van der Waals surface area (Å²) in [4.78, 5) is 17.1. The van der Waals surface area contributed by atoms with Crippen LogP contribution in [0.4, 0.5) is 0 Å². The van der Waals surface area contributed by atoms with Crippen LogP contribution in [0, 0.1) is 5.92 Å². The SMILES string of the molecule is CCCn1cc(C(=O)N(CC2CC2)C[C@H]2CN(C)CCO2)cn1. The minimum absolute atomic E-state index is 0.0936. The summed E-state index contributed by atoms with van der Waals surface area (Å²) in [6.07, 6.45) is 7.19. The Labute approximate surface area is 138 Å². The third-order valence-corrected chi connectivity index (χ3v) is 4.56. The lowest BCUT2D eigenvalue weighted by atomic mass is 10.2. The molecule has 0 unspecified atom stereocenters. The molecule has 128 valence electrons. The number of aryl methyl sites for hydroxylation is 1. The first-order chi connectivity index (χ1) is 11.2. The van der Waals surface area contributed by atoms with E-state index in [9.17, 15) is 4.79 Å². The van der Waals surface area contributed by atoms with Crippen molar-refractivity contribution in [3.8, 4) is 0 Å². The summed E-state index contributed by atoms with van der Waals surface area (Å²) in [6.45, 7) is 7.10. The van der Waals surface area contributed by atoms with Crippen molar-refractivity contribution in [1.29, 1.82) is 0 Å². The van der Waals surface area contributed by atoms with Gasteiger partial charge in [-0.3, -0.25) is 9.48 Å². The standard InChI is InChI=1S/C17H28N4O2/c1-3-6-21-11-15(9-18-21)17(22)20(10-14-4-5-14)13-16-12-19(2)7-8-23-16/h9,11,14,16H,3-8,10,12-13H2,1-2H3/t16-/m1/s1. The predicted octanol–water partition coefficient (Wildman–Crippen LogP) is 1.48. The van der Waals surface area contributed by atoms with Gasteiger partial charge < -0.3 is 14.5 Å². The topological polar surface area (TPSA) is 50.6 Å². The molecular weight excluding hydrogens is 292 g/mol. The Morgan fingerprint density at radius 3 is 2.96 bits per heavy atom. The Bertz CT molecular complexity index is 526. The van der Waals surface area contributed by atoms with Crippen molar-refractivity contribution >= 4 is 5.91 Å². The van der Waals surface area contributed by atoms with E-state index in [2.05, 4.69) is 24.0 Å². The maximum atomic E-state index is 12.9. The van der Waals surface area contributed by atoms with Crippen molar-refractivity contribution in [2.45, 2.75) is 38.8 Å². The zero-order valence-electron chi connectivity index (χ0n) is 14.3. The van der Waals surface area contributed by atoms with Crippen LogP contribution >= 0.6 is 0 Å². The van der Waals surface area contributed by atoms with Crippen LogP contribution in [-0.2, 0) is 11.3 Å². The van der Waals surface area contributed by atoms with Crippen molar-refractivity contribution in [3.63, 3.8) is 0 Å². The molecule has 0 radical (unpaired) electrons. The summed E-state index contributed by atoms with van der Waals surface area (Å²) in [5.41, 5.74) is 0.697. The molecule has 1 saturated heterocycles. The third-order valence-electron chi connectivity index (χ3n) is 4.56. The summed E-state index contributed by atoms with van der Waals surface area (Å²) in [6, 6.07) is 0. The fourth-order valence-corrected chi connectivity index (χ4v) is 3.08. The predicted molar refractivity (Wildman–Crippen MR) is 88.4 cm³/mol. The molecule has 0 spiro atoms. The smallest absolute Gasteiger partial charge is 0.257 e. The summed E-state index contributed by atoms with van der Waals surface area (Å²) < 4.78 is 7.71. The van der Waals surface area contributed by atoms with Crippen molar-refractivity contribution in [2.24, 2.45) is 5.92 Å². The van der Waals surface area contributed by atoms with Gasteiger partial charge in [-0.1, -0.05) is 6.92 Å². The van der Waals surface area contributed by atoms with Crippen molar-refractivity contribution in [2.75, 3.05) is 39.8 Å². The molecular formula is C17H28N4O2. The normalized spacial score (nSPS) is 22.3. The van der Waals surface area contributed by atoms with E-state index in [1.165, 1.54) is 12.8 Å². The number of hydrogen-bond acceptors (Lipinski definition) is 4. The fourth-order valence-electron chi connectivity index (χ4n) is 3.08. The third kappa shape index (κ3) is 4.54. The molecule has 0 aromatic carbocycles. The largest absolute Gasteiger partial charge is 0.374 e. The van der Waals surface area contributed by atoms with Gasteiger partial charge in [-0.25, -0.2) is 0 Å². The highest BCUT2D eigenvalue weighted by Gasteiger charge is 2.30. The molecule has 0 bridgehead atoms. The molecule has 6 nitrogen and oxygen atoms in total. The summed E-state index contributed by atoms with van der Waals surface area (Å²) in [7, 11) is 2.11. The molecule has 1 atom stereocenters. The van der Waals surface area contributed by atoms with Gasteiger partial charge in [0.1, 0.15) is 0 Å². The number of likely N-dealkylation sites (N-methyl/N-ethyl adjacent to an activating group) is 1. The average molecular weight is 320 g/mol. The van der Waals surface area contributed by atoms with E-state index in [4.69, 9.17) is 4.74 Å². The molecule has 1 amide bonds. The number of ether oxygens (including phenoxy) is 1. The van der Waals surface area contributed by atoms with Crippen molar-refractivity contribution in [1.82, 2.24) is 19.6 Å². The second-order valence-corrected chi connectivity index (χ2v) is 6.90. The first-order valence-electron chi connectivity index (χ1n) is 8.77. The molecule has 2 fully saturated rings. The van der Waals surface area contributed by atoms with Gasteiger partial charge in [0.05, 0.1) is 24.5 Å². The van der Waals surface area contributed by atoms with Crippen LogP contribution in [0.15, 0.2) is 12.4 Å². The molecule has 3 rings (SSSR count). The minimum Gasteiger partial charge on any atom is -0.374 e. The average Bonchev–Trinajstić information content (AvgIpc) is 3.22. The molecule has 0 N–H and O–H groups in total. The van der Waals surface area contributed by atoms with E-state index in [0.717, 1.165) is 39.2 Å². The maximum Gasteiger partial charge on any atom is 0.257 e. The summed E-state index contributed by atoms with van der Waals surface area (Å²) in [5.74, 6) is 0.766. The van der Waals surface area contributed by atoms with Gasteiger partial charge in [-0.05, 0) is 32.2 Å². The molecule has 23 heavy (non-hydrogen) atoms. The Morgan fingerprint density at radius 1 is 1.43 bits per heavy atom. The van der Waals surface area contributed by atoms with Crippen LogP contribution < -0.4 is 0 Å². The number of carbonyl (C=O) groups excluding carboxylic acids is 1. The van der Waals surface area contributed by atoms with Crippen molar-refractivity contribution in [3.05, 3.63) is 18.0 Å². The number of aromatic nitrogens is 2. The van der Waals surface area contributed by atoms with Crippen LogP contribution in [0.1, 0.15) is 36.5 Å². The number of amides is 1. The molecule has 1 saturated carbocycles. The number of carbonyl (C=O) groups is 1. The zero-order chi connectivity index (χ0) is 16.2. The van der Waals surface area contributed by atoms with Gasteiger partial charge in [0, 0.05) is 38.9 Å². The monoisotopic (exact) mass is 320 g/mol. The van der Waals surface area contributed by atoms with E-state index in [-0.39, 0.29) is 12.0 Å². The lowest BCUT2D eigenvalue weighted by molar-refractivity contribution is -0.0331. The highest BCUT2D eigenvalue weighted by molar-refractivity contribution is 5.93. The van der Waals surface area contributed by atoms with E-state index >= 15 is 0 Å². The first kappa shape index (κ1) is 16.5. The number of nitrogens with zero attached hydrogens (tertiary/aromatic N) is 4. The molecule has 2 aliphatic rings. The Hall–Kier alpha value is -1.40. The summed E-state index contributed by atoms with van der Waals surface area (Å²) in [5, 5.41) is 4.29. The van der Waals surface area contributed by atoms with E-state index in [1.54, 1.807) is 6.20 Å². The van der Waals surface area contributed by atoms with Crippen LogP contribution in [0.3, 0.4) is 0 Å². The highest BCUT2D eigenvalue weighted by Crippen LogP contribution is 2.30.